The molecule has 3 aromatic rings. The molecular formula is C23H21ClN2O5S. The van der Waals surface area contributed by atoms with Crippen LogP contribution < -0.4 is 0 Å². The molecule has 0 spiro atoms. The zero-order valence-electron chi connectivity index (χ0n) is 17.1. The van der Waals surface area contributed by atoms with Gasteiger partial charge in [-0.2, -0.15) is 4.31 Å². The number of esters is 1. The molecule has 1 aliphatic rings. The zero-order valence-corrected chi connectivity index (χ0v) is 18.7. The normalized spacial score (nSPS) is 15.0. The second-order valence-electron chi connectivity index (χ2n) is 7.38. The predicted octanol–water partition coefficient (Wildman–Crippen LogP) is 3.18. The standard InChI is InChI=1S/C23H21ClN2O5S/c24-20-7-9-21(10-8-20)32(29,30)26-13-11-25(12-14-26)22(27)16-31-23(28)19-6-5-17-3-1-2-4-18(17)15-19/h1-10,15H,11-14,16H2. The zero-order chi connectivity index (χ0) is 22.7. The molecule has 4 rings (SSSR count). The topological polar surface area (TPSA) is 84.0 Å². The van der Waals surface area contributed by atoms with Crippen molar-refractivity contribution in [3.63, 3.8) is 0 Å². The van der Waals surface area contributed by atoms with E-state index in [2.05, 4.69) is 0 Å². The lowest BCUT2D eigenvalue weighted by atomic mass is 10.1. The number of benzene rings is 3. The quantitative estimate of drug-likeness (QED) is 0.532. The van der Waals surface area contributed by atoms with Gasteiger partial charge in [-0.15, -0.1) is 0 Å². The summed E-state index contributed by atoms with van der Waals surface area (Å²) in [7, 11) is -3.66. The van der Waals surface area contributed by atoms with Crippen LogP contribution in [-0.2, 0) is 19.6 Å². The van der Waals surface area contributed by atoms with Crippen molar-refractivity contribution >= 4 is 44.3 Å². The molecule has 7 nitrogen and oxygen atoms in total. The van der Waals surface area contributed by atoms with Crippen LogP contribution in [0.4, 0.5) is 0 Å². The first kappa shape index (κ1) is 22.3. The highest BCUT2D eigenvalue weighted by atomic mass is 35.5. The highest BCUT2D eigenvalue weighted by Crippen LogP contribution is 2.20. The number of carbonyl (C=O) groups excluding carboxylic acids is 2. The highest BCUT2D eigenvalue weighted by Gasteiger charge is 2.30. The number of ether oxygens (including phenoxy) is 1. The molecular weight excluding hydrogens is 452 g/mol. The van der Waals surface area contributed by atoms with Gasteiger partial charge in [0.2, 0.25) is 10.0 Å². The number of amides is 1. The molecule has 0 aliphatic carbocycles. The molecule has 1 fully saturated rings. The SMILES string of the molecule is O=C(OCC(=O)N1CCN(S(=O)(=O)c2ccc(Cl)cc2)CC1)c1ccc2ccccc2c1. The average Bonchev–Trinajstić information content (AvgIpc) is 2.82. The average molecular weight is 473 g/mol. The lowest BCUT2D eigenvalue weighted by Gasteiger charge is -2.33. The van der Waals surface area contributed by atoms with Gasteiger partial charge >= 0.3 is 5.97 Å². The van der Waals surface area contributed by atoms with E-state index < -0.39 is 22.6 Å². The Bertz CT molecular complexity index is 1250. The Morgan fingerprint density at radius 2 is 1.53 bits per heavy atom. The van der Waals surface area contributed by atoms with Crippen LogP contribution in [0.25, 0.3) is 10.8 Å². The minimum Gasteiger partial charge on any atom is -0.452 e. The Morgan fingerprint density at radius 3 is 2.22 bits per heavy atom. The molecule has 1 heterocycles. The number of hydrogen-bond acceptors (Lipinski definition) is 5. The summed E-state index contributed by atoms with van der Waals surface area (Å²) in [6, 6.07) is 18.8. The number of rotatable bonds is 5. The van der Waals surface area contributed by atoms with E-state index in [9.17, 15) is 18.0 Å². The molecule has 0 N–H and O–H groups in total. The van der Waals surface area contributed by atoms with Crippen molar-refractivity contribution in [1.29, 1.82) is 0 Å². The van der Waals surface area contributed by atoms with Crippen molar-refractivity contribution in [2.24, 2.45) is 0 Å². The molecule has 32 heavy (non-hydrogen) atoms. The molecule has 0 unspecified atom stereocenters. The molecule has 0 aromatic heterocycles. The maximum atomic E-state index is 12.8. The fraction of sp³-hybridized carbons (Fsp3) is 0.217. The van der Waals surface area contributed by atoms with E-state index in [-0.39, 0.29) is 37.0 Å². The second-order valence-corrected chi connectivity index (χ2v) is 9.75. The summed E-state index contributed by atoms with van der Waals surface area (Å²) in [5.41, 5.74) is 0.371. The lowest BCUT2D eigenvalue weighted by Crippen LogP contribution is -2.51. The van der Waals surface area contributed by atoms with E-state index in [1.807, 2.05) is 30.3 Å². The van der Waals surface area contributed by atoms with E-state index >= 15 is 0 Å². The predicted molar refractivity (Wildman–Crippen MR) is 121 cm³/mol. The monoisotopic (exact) mass is 472 g/mol. The number of nitrogens with zero attached hydrogens (tertiary/aromatic N) is 2. The molecule has 0 saturated carbocycles. The Kier molecular flexibility index (Phi) is 6.45. The summed E-state index contributed by atoms with van der Waals surface area (Å²) in [5, 5.41) is 2.37. The van der Waals surface area contributed by atoms with Crippen LogP contribution in [0, 0.1) is 0 Å². The third kappa shape index (κ3) is 4.77. The second kappa shape index (κ2) is 9.28. The molecule has 0 radical (unpaired) electrons. The van der Waals surface area contributed by atoms with Crippen LogP contribution in [0.3, 0.4) is 0 Å². The summed E-state index contributed by atoms with van der Waals surface area (Å²) in [4.78, 5) is 26.5. The highest BCUT2D eigenvalue weighted by molar-refractivity contribution is 7.89. The van der Waals surface area contributed by atoms with Crippen molar-refractivity contribution < 1.29 is 22.7 Å². The third-order valence-corrected chi connectivity index (χ3v) is 7.52. The minimum absolute atomic E-state index is 0.158. The van der Waals surface area contributed by atoms with Crippen LogP contribution in [0.5, 0.6) is 0 Å². The van der Waals surface area contributed by atoms with Gasteiger partial charge in [0.05, 0.1) is 10.5 Å². The van der Waals surface area contributed by atoms with Gasteiger partial charge in [0.25, 0.3) is 5.91 Å². The van der Waals surface area contributed by atoms with Crippen molar-refractivity contribution in [2.75, 3.05) is 32.8 Å². The molecule has 1 amide bonds. The van der Waals surface area contributed by atoms with Gasteiger partial charge in [0.1, 0.15) is 0 Å². The van der Waals surface area contributed by atoms with Crippen molar-refractivity contribution in [3.8, 4) is 0 Å². The summed E-state index contributed by atoms with van der Waals surface area (Å²) < 4.78 is 32.0. The fourth-order valence-electron chi connectivity index (χ4n) is 3.55. The van der Waals surface area contributed by atoms with Gasteiger partial charge in [-0.05, 0) is 47.2 Å². The number of halogens is 1. The van der Waals surface area contributed by atoms with Gasteiger partial charge in [-0.25, -0.2) is 13.2 Å². The number of piperazine rings is 1. The Labute approximate surface area is 191 Å². The van der Waals surface area contributed by atoms with Crippen LogP contribution in [0.1, 0.15) is 10.4 Å². The van der Waals surface area contributed by atoms with Gasteiger partial charge in [0, 0.05) is 31.2 Å². The van der Waals surface area contributed by atoms with Crippen LogP contribution in [-0.4, -0.2) is 62.3 Å². The molecule has 1 saturated heterocycles. The first-order chi connectivity index (χ1) is 15.3. The van der Waals surface area contributed by atoms with Crippen LogP contribution in [0.15, 0.2) is 71.6 Å². The maximum Gasteiger partial charge on any atom is 0.338 e. The van der Waals surface area contributed by atoms with E-state index in [1.54, 1.807) is 12.1 Å². The summed E-state index contributed by atoms with van der Waals surface area (Å²) in [5.74, 6) is -0.935. The van der Waals surface area contributed by atoms with E-state index in [1.165, 1.54) is 33.5 Å². The first-order valence-electron chi connectivity index (χ1n) is 10.0. The number of sulfonamides is 1. The smallest absolute Gasteiger partial charge is 0.338 e. The Balaban J connectivity index is 1.31. The summed E-state index contributed by atoms with van der Waals surface area (Å²) in [6.45, 7) is 0.374. The minimum atomic E-state index is -3.66. The fourth-order valence-corrected chi connectivity index (χ4v) is 5.10. The van der Waals surface area contributed by atoms with Crippen LogP contribution >= 0.6 is 11.6 Å². The van der Waals surface area contributed by atoms with Gasteiger partial charge in [-0.3, -0.25) is 4.79 Å². The van der Waals surface area contributed by atoms with Gasteiger partial charge < -0.3 is 9.64 Å². The van der Waals surface area contributed by atoms with Crippen molar-refractivity contribution in [1.82, 2.24) is 9.21 Å². The summed E-state index contributed by atoms with van der Waals surface area (Å²) >= 11 is 5.83. The molecule has 9 heteroatoms. The van der Waals surface area contributed by atoms with Gasteiger partial charge in [0.15, 0.2) is 6.61 Å². The van der Waals surface area contributed by atoms with Crippen molar-refractivity contribution in [3.05, 3.63) is 77.3 Å². The number of hydrogen-bond donors (Lipinski definition) is 0. The van der Waals surface area contributed by atoms with Crippen LogP contribution in [0.2, 0.25) is 5.02 Å². The Morgan fingerprint density at radius 1 is 0.875 bits per heavy atom. The molecule has 166 valence electrons. The Hall–Kier alpha value is -2.94. The maximum absolute atomic E-state index is 12.8. The van der Waals surface area contributed by atoms with E-state index in [4.69, 9.17) is 16.3 Å². The number of fused-ring (bicyclic) bond motifs is 1. The first-order valence-corrected chi connectivity index (χ1v) is 11.9. The van der Waals surface area contributed by atoms with Crippen molar-refractivity contribution in [2.45, 2.75) is 4.90 Å². The third-order valence-electron chi connectivity index (χ3n) is 5.35. The molecule has 1 aliphatic heterocycles. The lowest BCUT2D eigenvalue weighted by molar-refractivity contribution is -0.135. The largest absolute Gasteiger partial charge is 0.452 e. The molecule has 3 aromatic carbocycles. The summed E-state index contributed by atoms with van der Waals surface area (Å²) in [6.07, 6.45) is 0. The molecule has 0 bridgehead atoms. The van der Waals surface area contributed by atoms with E-state index in [0.29, 0.717) is 10.6 Å². The van der Waals surface area contributed by atoms with E-state index in [0.717, 1.165) is 10.8 Å². The van der Waals surface area contributed by atoms with Gasteiger partial charge in [-0.1, -0.05) is 41.9 Å². The number of carbonyl (C=O) groups is 2. The molecule has 0 atom stereocenters.